The molecule has 0 saturated carbocycles. The summed E-state index contributed by atoms with van der Waals surface area (Å²) in [5.41, 5.74) is 3.01. The fourth-order valence-corrected chi connectivity index (χ4v) is 2.80. The molecule has 1 aromatic heterocycles. The van der Waals surface area contributed by atoms with Crippen LogP contribution in [0.3, 0.4) is 0 Å². The number of hydrogen-bond donors (Lipinski definition) is 2. The van der Waals surface area contributed by atoms with Gasteiger partial charge in [0.2, 0.25) is 5.95 Å². The first-order valence-corrected chi connectivity index (χ1v) is 9.21. The molecular weight excluding hydrogens is 376 g/mol. The van der Waals surface area contributed by atoms with Gasteiger partial charge < -0.3 is 15.4 Å². The van der Waals surface area contributed by atoms with E-state index in [0.29, 0.717) is 29.0 Å². The number of benzene rings is 2. The number of nitrogens with zero attached hydrogens (tertiary/aromatic N) is 2. The summed E-state index contributed by atoms with van der Waals surface area (Å²) in [5, 5.41) is 6.57. The Labute approximate surface area is 168 Å². The van der Waals surface area contributed by atoms with Crippen molar-refractivity contribution in [3.05, 3.63) is 76.6 Å². The first kappa shape index (κ1) is 19.6. The van der Waals surface area contributed by atoms with Crippen LogP contribution in [0.4, 0.5) is 11.6 Å². The van der Waals surface area contributed by atoms with E-state index in [0.717, 1.165) is 17.5 Å². The Morgan fingerprint density at radius 1 is 1.18 bits per heavy atom. The van der Waals surface area contributed by atoms with Crippen molar-refractivity contribution in [3.8, 4) is 5.75 Å². The van der Waals surface area contributed by atoms with E-state index < -0.39 is 0 Å². The normalized spacial score (nSPS) is 10.4. The van der Waals surface area contributed by atoms with Gasteiger partial charge in [-0.25, -0.2) is 9.97 Å². The Kier molecular flexibility index (Phi) is 6.45. The highest BCUT2D eigenvalue weighted by molar-refractivity contribution is 6.31. The lowest BCUT2D eigenvalue weighted by molar-refractivity contribution is 0.0949. The Morgan fingerprint density at radius 2 is 1.96 bits per heavy atom. The van der Waals surface area contributed by atoms with Crippen molar-refractivity contribution >= 4 is 29.1 Å². The third-order valence-corrected chi connectivity index (χ3v) is 4.56. The summed E-state index contributed by atoms with van der Waals surface area (Å²) in [6, 6.07) is 15.1. The van der Waals surface area contributed by atoms with E-state index in [4.69, 9.17) is 16.3 Å². The van der Waals surface area contributed by atoms with Gasteiger partial charge in [-0.1, -0.05) is 41.9 Å². The van der Waals surface area contributed by atoms with Gasteiger partial charge in [-0.2, -0.15) is 0 Å². The highest BCUT2D eigenvalue weighted by Gasteiger charge is 2.11. The summed E-state index contributed by atoms with van der Waals surface area (Å²) >= 11 is 6.14. The standard InChI is InChI=1S/C21H21ClN4O2/c1-14-12-18(19(28-2)13-16(14)22)26-21-24-11-9-17(25-21)20(27)23-10-8-15-6-4-3-5-7-15/h3-7,9,11-13H,8,10H2,1-2H3,(H,23,27)(H,24,25,26). The van der Waals surface area contributed by atoms with Crippen molar-refractivity contribution in [2.24, 2.45) is 0 Å². The highest BCUT2D eigenvalue weighted by Crippen LogP contribution is 2.32. The molecule has 0 bridgehead atoms. The molecule has 2 aromatic carbocycles. The van der Waals surface area contributed by atoms with Gasteiger partial charge in [0.1, 0.15) is 11.4 Å². The number of nitrogens with one attached hydrogen (secondary N) is 2. The molecule has 144 valence electrons. The highest BCUT2D eigenvalue weighted by atomic mass is 35.5. The Morgan fingerprint density at radius 3 is 2.71 bits per heavy atom. The van der Waals surface area contributed by atoms with Gasteiger partial charge in [-0.15, -0.1) is 0 Å². The minimum absolute atomic E-state index is 0.249. The Bertz CT molecular complexity index is 964. The van der Waals surface area contributed by atoms with Gasteiger partial charge in [-0.3, -0.25) is 4.79 Å². The minimum Gasteiger partial charge on any atom is -0.495 e. The van der Waals surface area contributed by atoms with Crippen molar-refractivity contribution in [2.75, 3.05) is 19.0 Å². The predicted octanol–water partition coefficient (Wildman–Crippen LogP) is 4.16. The number of halogens is 1. The van der Waals surface area contributed by atoms with Crippen molar-refractivity contribution in [2.45, 2.75) is 13.3 Å². The summed E-state index contributed by atoms with van der Waals surface area (Å²) in [6.45, 7) is 2.42. The molecule has 0 spiro atoms. The fraction of sp³-hybridized carbons (Fsp3) is 0.190. The molecule has 0 radical (unpaired) electrons. The molecule has 7 heteroatoms. The molecule has 6 nitrogen and oxygen atoms in total. The molecule has 0 aliphatic rings. The lowest BCUT2D eigenvalue weighted by Crippen LogP contribution is -2.26. The number of rotatable bonds is 7. The largest absolute Gasteiger partial charge is 0.495 e. The lowest BCUT2D eigenvalue weighted by atomic mass is 10.1. The second-order valence-electron chi connectivity index (χ2n) is 6.18. The first-order valence-electron chi connectivity index (χ1n) is 8.83. The van der Waals surface area contributed by atoms with Gasteiger partial charge in [-0.05, 0) is 36.6 Å². The van der Waals surface area contributed by atoms with Crippen LogP contribution < -0.4 is 15.4 Å². The molecule has 0 saturated heterocycles. The van der Waals surface area contributed by atoms with Gasteiger partial charge in [0.15, 0.2) is 0 Å². The Balaban J connectivity index is 1.67. The van der Waals surface area contributed by atoms with E-state index >= 15 is 0 Å². The molecular formula is C21H21ClN4O2. The van der Waals surface area contributed by atoms with Crippen LogP contribution in [0.1, 0.15) is 21.6 Å². The zero-order chi connectivity index (χ0) is 19.9. The van der Waals surface area contributed by atoms with E-state index in [9.17, 15) is 4.79 Å². The summed E-state index contributed by atoms with van der Waals surface area (Å²) in [4.78, 5) is 20.9. The Hall–Kier alpha value is -3.12. The summed E-state index contributed by atoms with van der Waals surface area (Å²) in [5.74, 6) is 0.619. The van der Waals surface area contributed by atoms with E-state index in [1.807, 2.05) is 43.3 Å². The summed E-state index contributed by atoms with van der Waals surface area (Å²) in [6.07, 6.45) is 2.29. The van der Waals surface area contributed by atoms with Crippen LogP contribution in [0.25, 0.3) is 0 Å². The predicted molar refractivity (Wildman–Crippen MR) is 111 cm³/mol. The van der Waals surface area contributed by atoms with Crippen molar-refractivity contribution < 1.29 is 9.53 Å². The number of carbonyl (C=O) groups is 1. The summed E-state index contributed by atoms with van der Waals surface area (Å²) in [7, 11) is 1.56. The SMILES string of the molecule is COc1cc(Cl)c(C)cc1Nc1nccc(C(=O)NCCc2ccccc2)n1. The van der Waals surface area contributed by atoms with E-state index in [-0.39, 0.29) is 11.6 Å². The van der Waals surface area contributed by atoms with E-state index in [1.54, 1.807) is 19.2 Å². The fourth-order valence-electron chi connectivity index (χ4n) is 2.65. The van der Waals surface area contributed by atoms with E-state index in [1.165, 1.54) is 6.20 Å². The number of aryl methyl sites for hydroxylation is 1. The lowest BCUT2D eigenvalue weighted by Gasteiger charge is -2.12. The second kappa shape index (κ2) is 9.19. The van der Waals surface area contributed by atoms with Crippen molar-refractivity contribution in [3.63, 3.8) is 0 Å². The van der Waals surface area contributed by atoms with Crippen LogP contribution >= 0.6 is 11.6 Å². The van der Waals surface area contributed by atoms with Crippen molar-refractivity contribution in [1.29, 1.82) is 0 Å². The second-order valence-corrected chi connectivity index (χ2v) is 6.59. The number of amides is 1. The van der Waals surface area contributed by atoms with Crippen molar-refractivity contribution in [1.82, 2.24) is 15.3 Å². The van der Waals surface area contributed by atoms with Gasteiger partial charge in [0.25, 0.3) is 5.91 Å². The molecule has 0 aliphatic heterocycles. The number of ether oxygens (including phenoxy) is 1. The molecule has 0 unspecified atom stereocenters. The molecule has 0 aliphatic carbocycles. The molecule has 1 amide bonds. The molecule has 28 heavy (non-hydrogen) atoms. The maximum atomic E-state index is 12.4. The molecule has 3 aromatic rings. The average Bonchev–Trinajstić information content (AvgIpc) is 2.71. The number of carbonyl (C=O) groups excluding carboxylic acids is 1. The summed E-state index contributed by atoms with van der Waals surface area (Å²) < 4.78 is 5.34. The number of hydrogen-bond acceptors (Lipinski definition) is 5. The number of aromatic nitrogens is 2. The molecule has 0 fully saturated rings. The maximum Gasteiger partial charge on any atom is 0.270 e. The van der Waals surface area contributed by atoms with Gasteiger partial charge >= 0.3 is 0 Å². The molecule has 3 rings (SSSR count). The number of methoxy groups -OCH3 is 1. The average molecular weight is 397 g/mol. The topological polar surface area (TPSA) is 76.1 Å². The van der Waals surface area contributed by atoms with Crippen LogP contribution in [-0.4, -0.2) is 29.5 Å². The third kappa shape index (κ3) is 4.98. The minimum atomic E-state index is -0.249. The first-order chi connectivity index (χ1) is 13.6. The molecule has 0 atom stereocenters. The van der Waals surface area contributed by atoms with Crippen LogP contribution in [-0.2, 0) is 6.42 Å². The van der Waals surface area contributed by atoms with E-state index in [2.05, 4.69) is 20.6 Å². The van der Waals surface area contributed by atoms with Gasteiger partial charge in [0.05, 0.1) is 12.8 Å². The number of anilines is 2. The molecule has 1 heterocycles. The quantitative estimate of drug-likeness (QED) is 0.627. The van der Waals surface area contributed by atoms with Crippen LogP contribution in [0.5, 0.6) is 5.75 Å². The van der Waals surface area contributed by atoms with Crippen LogP contribution in [0.15, 0.2) is 54.7 Å². The van der Waals surface area contributed by atoms with Crippen LogP contribution in [0.2, 0.25) is 5.02 Å². The monoisotopic (exact) mass is 396 g/mol. The van der Waals surface area contributed by atoms with Crippen LogP contribution in [0, 0.1) is 6.92 Å². The van der Waals surface area contributed by atoms with Gasteiger partial charge in [0, 0.05) is 23.8 Å². The third-order valence-electron chi connectivity index (χ3n) is 4.16. The zero-order valence-electron chi connectivity index (χ0n) is 15.7. The smallest absolute Gasteiger partial charge is 0.270 e. The maximum absolute atomic E-state index is 12.4. The zero-order valence-corrected chi connectivity index (χ0v) is 16.5. The molecule has 2 N–H and O–H groups in total.